The van der Waals surface area contributed by atoms with Crippen molar-refractivity contribution in [3.8, 4) is 0 Å². The quantitative estimate of drug-likeness (QED) is 0.800. The number of nitrogens with zero attached hydrogens (tertiary/aromatic N) is 6. The minimum absolute atomic E-state index is 0.546. The molecule has 4 rings (SSSR count). The van der Waals surface area contributed by atoms with Crippen LogP contribution in [0.15, 0.2) is 24.4 Å². The summed E-state index contributed by atoms with van der Waals surface area (Å²) in [6, 6.07) is 4.75. The molecule has 0 bridgehead atoms. The van der Waals surface area contributed by atoms with Crippen LogP contribution in [0.1, 0.15) is 24.2 Å². The number of halogens is 3. The Bertz CT molecular complexity index is 827. The smallest absolute Gasteiger partial charge is 0.368 e. The summed E-state index contributed by atoms with van der Waals surface area (Å²) in [6.45, 7) is 6.55. The molecule has 0 aliphatic carbocycles. The first kappa shape index (κ1) is 18.8. The third-order valence-corrected chi connectivity index (χ3v) is 5.22. The van der Waals surface area contributed by atoms with Crippen molar-refractivity contribution in [2.24, 2.45) is 0 Å². The molecular formula is C19H23F3N6. The fourth-order valence-corrected chi connectivity index (χ4v) is 3.72. The van der Waals surface area contributed by atoms with Crippen LogP contribution in [-0.4, -0.2) is 54.2 Å². The second-order valence-electron chi connectivity index (χ2n) is 7.23. The first-order valence-electron chi connectivity index (χ1n) is 9.54. The topological polar surface area (TPSA) is 48.4 Å². The molecule has 0 atom stereocenters. The summed E-state index contributed by atoms with van der Waals surface area (Å²) in [5, 5.41) is 0. The molecule has 2 fully saturated rings. The van der Waals surface area contributed by atoms with Gasteiger partial charge in [-0.3, -0.25) is 4.98 Å². The van der Waals surface area contributed by atoms with E-state index in [4.69, 9.17) is 4.98 Å². The fourth-order valence-electron chi connectivity index (χ4n) is 3.72. The van der Waals surface area contributed by atoms with Gasteiger partial charge in [0, 0.05) is 62.9 Å². The molecule has 0 spiro atoms. The molecule has 0 unspecified atom stereocenters. The molecule has 0 amide bonds. The van der Waals surface area contributed by atoms with Crippen molar-refractivity contribution in [3.05, 3.63) is 35.8 Å². The Kier molecular flexibility index (Phi) is 4.99. The van der Waals surface area contributed by atoms with Crippen LogP contribution in [0.25, 0.3) is 0 Å². The number of piperazine rings is 1. The minimum Gasteiger partial charge on any atom is -0.368 e. The highest BCUT2D eigenvalue weighted by Crippen LogP contribution is 2.30. The van der Waals surface area contributed by atoms with Crippen molar-refractivity contribution >= 4 is 17.5 Å². The predicted octanol–water partition coefficient (Wildman–Crippen LogP) is 3.13. The van der Waals surface area contributed by atoms with Gasteiger partial charge in [-0.1, -0.05) is 0 Å². The van der Waals surface area contributed by atoms with Crippen molar-refractivity contribution in [1.82, 2.24) is 15.0 Å². The van der Waals surface area contributed by atoms with Crippen LogP contribution in [0.3, 0.4) is 0 Å². The number of aromatic nitrogens is 3. The zero-order valence-electron chi connectivity index (χ0n) is 15.8. The molecule has 6 nitrogen and oxygen atoms in total. The molecule has 2 aliphatic heterocycles. The van der Waals surface area contributed by atoms with Gasteiger partial charge < -0.3 is 14.7 Å². The van der Waals surface area contributed by atoms with Gasteiger partial charge in [-0.15, -0.1) is 0 Å². The maximum atomic E-state index is 12.9. The highest BCUT2D eigenvalue weighted by atomic mass is 19.4. The van der Waals surface area contributed by atoms with E-state index in [1.54, 1.807) is 6.07 Å². The summed E-state index contributed by atoms with van der Waals surface area (Å²) < 4.78 is 38.7. The van der Waals surface area contributed by atoms with E-state index in [0.717, 1.165) is 30.7 Å². The van der Waals surface area contributed by atoms with Gasteiger partial charge in [0.15, 0.2) is 0 Å². The van der Waals surface area contributed by atoms with E-state index in [1.165, 1.54) is 19.0 Å². The zero-order chi connectivity index (χ0) is 19.7. The lowest BCUT2D eigenvalue weighted by Crippen LogP contribution is -2.47. The first-order chi connectivity index (χ1) is 13.4. The van der Waals surface area contributed by atoms with E-state index < -0.39 is 11.9 Å². The maximum Gasteiger partial charge on any atom is 0.433 e. The number of alkyl halides is 3. The summed E-state index contributed by atoms with van der Waals surface area (Å²) in [5.41, 5.74) is 0.618. The van der Waals surface area contributed by atoms with Crippen LogP contribution in [0, 0.1) is 6.92 Å². The van der Waals surface area contributed by atoms with Crippen LogP contribution in [-0.2, 0) is 6.18 Å². The fraction of sp³-hybridized carbons (Fsp3) is 0.526. The normalized spacial score (nSPS) is 18.1. The molecule has 0 aromatic carbocycles. The van der Waals surface area contributed by atoms with E-state index in [1.807, 2.05) is 17.9 Å². The van der Waals surface area contributed by atoms with Gasteiger partial charge in [0.25, 0.3) is 0 Å². The van der Waals surface area contributed by atoms with E-state index >= 15 is 0 Å². The average Bonchev–Trinajstić information content (AvgIpc) is 3.22. The Balaban J connectivity index is 1.46. The summed E-state index contributed by atoms with van der Waals surface area (Å²) in [7, 11) is 0. The van der Waals surface area contributed by atoms with E-state index in [9.17, 15) is 13.2 Å². The van der Waals surface area contributed by atoms with Gasteiger partial charge in [0.05, 0.1) is 0 Å². The predicted molar refractivity (Wildman–Crippen MR) is 102 cm³/mol. The molecule has 0 N–H and O–H groups in total. The van der Waals surface area contributed by atoms with E-state index in [2.05, 4.69) is 19.8 Å². The van der Waals surface area contributed by atoms with Crippen molar-refractivity contribution < 1.29 is 13.2 Å². The van der Waals surface area contributed by atoms with Crippen LogP contribution in [0.4, 0.5) is 30.6 Å². The summed E-state index contributed by atoms with van der Waals surface area (Å²) in [4.78, 5) is 19.1. The van der Waals surface area contributed by atoms with E-state index in [-0.39, 0.29) is 0 Å². The largest absolute Gasteiger partial charge is 0.433 e. The van der Waals surface area contributed by atoms with Crippen LogP contribution >= 0.6 is 0 Å². The van der Waals surface area contributed by atoms with Gasteiger partial charge in [-0.05, 0) is 31.9 Å². The highest BCUT2D eigenvalue weighted by molar-refractivity contribution is 5.51. The molecule has 2 saturated heterocycles. The van der Waals surface area contributed by atoms with Crippen LogP contribution in [0.5, 0.6) is 0 Å². The van der Waals surface area contributed by atoms with Crippen molar-refractivity contribution in [1.29, 1.82) is 0 Å². The van der Waals surface area contributed by atoms with Crippen molar-refractivity contribution in [3.63, 3.8) is 0 Å². The number of rotatable bonds is 3. The standard InChI is InChI=1S/C19H23F3N6/c1-14-12-17(27-6-2-3-7-27)25-18(24-14)28-10-8-26(9-11-28)15-4-5-23-16(13-15)19(20,21)22/h4-5,12-13H,2-3,6-11H2,1H3. The molecule has 9 heteroatoms. The SMILES string of the molecule is Cc1cc(N2CCCC2)nc(N2CCN(c3ccnc(C(F)(F)F)c3)CC2)n1. The molecular weight excluding hydrogens is 369 g/mol. The molecule has 150 valence electrons. The number of aryl methyl sites for hydroxylation is 1. The molecule has 0 radical (unpaired) electrons. The van der Waals surface area contributed by atoms with Gasteiger partial charge in [-0.25, -0.2) is 4.98 Å². The van der Waals surface area contributed by atoms with Crippen molar-refractivity contribution in [2.45, 2.75) is 25.9 Å². The van der Waals surface area contributed by atoms with Gasteiger partial charge in [-0.2, -0.15) is 18.2 Å². The second-order valence-corrected chi connectivity index (χ2v) is 7.23. The number of hydrogen-bond donors (Lipinski definition) is 0. The summed E-state index contributed by atoms with van der Waals surface area (Å²) in [6.07, 6.45) is -0.846. The van der Waals surface area contributed by atoms with Crippen LogP contribution in [0.2, 0.25) is 0 Å². The Morgan fingerprint density at radius 3 is 2.21 bits per heavy atom. The number of hydrogen-bond acceptors (Lipinski definition) is 6. The van der Waals surface area contributed by atoms with E-state index in [0.29, 0.717) is 37.8 Å². The van der Waals surface area contributed by atoms with Gasteiger partial charge in [0.1, 0.15) is 11.5 Å². The lowest BCUT2D eigenvalue weighted by molar-refractivity contribution is -0.141. The molecule has 0 saturated carbocycles. The molecule has 2 aliphatic rings. The van der Waals surface area contributed by atoms with Crippen molar-refractivity contribution in [2.75, 3.05) is 54.0 Å². The Morgan fingerprint density at radius 2 is 1.54 bits per heavy atom. The monoisotopic (exact) mass is 392 g/mol. The average molecular weight is 392 g/mol. The zero-order valence-corrected chi connectivity index (χ0v) is 15.8. The summed E-state index contributed by atoms with van der Waals surface area (Å²) >= 11 is 0. The highest BCUT2D eigenvalue weighted by Gasteiger charge is 2.33. The second kappa shape index (κ2) is 7.44. The Morgan fingerprint density at radius 1 is 0.857 bits per heavy atom. The lowest BCUT2D eigenvalue weighted by atomic mass is 10.2. The molecule has 4 heterocycles. The number of pyridine rings is 1. The third-order valence-electron chi connectivity index (χ3n) is 5.22. The Labute approximate surface area is 162 Å². The first-order valence-corrected chi connectivity index (χ1v) is 9.54. The van der Waals surface area contributed by atoms with Gasteiger partial charge in [0.2, 0.25) is 5.95 Å². The van der Waals surface area contributed by atoms with Crippen LogP contribution < -0.4 is 14.7 Å². The molecule has 2 aromatic rings. The molecule has 2 aromatic heterocycles. The summed E-state index contributed by atoms with van der Waals surface area (Å²) in [5.74, 6) is 1.67. The number of anilines is 3. The lowest BCUT2D eigenvalue weighted by Gasteiger charge is -2.36. The minimum atomic E-state index is -4.43. The molecule has 28 heavy (non-hydrogen) atoms. The van der Waals surface area contributed by atoms with Gasteiger partial charge >= 0.3 is 6.18 Å². The Hall–Kier alpha value is -2.58. The third kappa shape index (κ3) is 3.98. The maximum absolute atomic E-state index is 12.9.